The van der Waals surface area contributed by atoms with E-state index in [-0.39, 0.29) is 65.4 Å². The van der Waals surface area contributed by atoms with Crippen LogP contribution in [0, 0.1) is 23.7 Å². The molecule has 326 valence electrons. The number of carbonyl (C=O) groups excluding carboxylic acids is 4. The second-order valence-electron chi connectivity index (χ2n) is 17.9. The van der Waals surface area contributed by atoms with Gasteiger partial charge in [0.05, 0.1) is 48.7 Å². The minimum atomic E-state index is -0.771. The number of thiazole rings is 1. The molecule has 0 radical (unpaired) electrons. The van der Waals surface area contributed by atoms with Gasteiger partial charge in [-0.2, -0.15) is 0 Å². The zero-order chi connectivity index (χ0) is 43.5. The molecule has 1 fully saturated rings. The number of likely N-dealkylation sites (tertiary alicyclic amines) is 1. The lowest BCUT2D eigenvalue weighted by molar-refractivity contribution is -0.148. The molecule has 12 nitrogen and oxygen atoms in total. The number of rotatable bonds is 21. The van der Waals surface area contributed by atoms with Crippen molar-refractivity contribution in [3.8, 4) is 0 Å². The molecule has 0 aliphatic carbocycles. The molecule has 58 heavy (non-hydrogen) atoms. The van der Waals surface area contributed by atoms with Gasteiger partial charge >= 0.3 is 0 Å². The third-order valence-electron chi connectivity index (χ3n) is 12.2. The number of carbonyl (C=O) groups is 4. The van der Waals surface area contributed by atoms with Crippen molar-refractivity contribution < 1.29 is 28.7 Å². The summed E-state index contributed by atoms with van der Waals surface area (Å²) in [6.07, 6.45) is 3.46. The first-order valence-corrected chi connectivity index (χ1v) is 22.0. The lowest BCUT2D eigenvalue weighted by atomic mass is 9.89. The first kappa shape index (κ1) is 49.0. The Balaban J connectivity index is 1.80. The van der Waals surface area contributed by atoms with E-state index in [0.717, 1.165) is 23.4 Å². The van der Waals surface area contributed by atoms with Gasteiger partial charge in [0.1, 0.15) is 11.0 Å². The van der Waals surface area contributed by atoms with E-state index in [1.165, 1.54) is 11.3 Å². The normalized spacial score (nSPS) is 19.0. The summed E-state index contributed by atoms with van der Waals surface area (Å²) < 4.78 is 12.1. The number of benzene rings is 1. The number of hydrogen-bond acceptors (Lipinski definition) is 9. The molecule has 2 heterocycles. The third kappa shape index (κ3) is 12.6. The fraction of sp³-hybridized carbons (Fsp3) is 0.711. The quantitative estimate of drug-likeness (QED) is 0.149. The van der Waals surface area contributed by atoms with Crippen molar-refractivity contribution in [2.24, 2.45) is 23.7 Å². The van der Waals surface area contributed by atoms with Gasteiger partial charge in [-0.25, -0.2) is 4.98 Å². The number of ether oxygens (including phenoxy) is 2. The van der Waals surface area contributed by atoms with Crippen molar-refractivity contribution in [1.29, 1.82) is 0 Å². The molecular formula is C45H74N6O6S. The van der Waals surface area contributed by atoms with E-state index in [2.05, 4.69) is 55.1 Å². The summed E-state index contributed by atoms with van der Waals surface area (Å²) in [6.45, 7) is 20.7. The van der Waals surface area contributed by atoms with Crippen molar-refractivity contribution >= 4 is 35.0 Å². The predicted octanol–water partition coefficient (Wildman–Crippen LogP) is 6.36. The summed E-state index contributed by atoms with van der Waals surface area (Å²) in [6, 6.07) is 7.76. The molecular weight excluding hydrogens is 753 g/mol. The predicted molar refractivity (Wildman–Crippen MR) is 232 cm³/mol. The fourth-order valence-electron chi connectivity index (χ4n) is 8.38. The molecule has 1 aliphatic rings. The second kappa shape index (κ2) is 22.3. The number of aromatic nitrogens is 1. The largest absolute Gasteiger partial charge is 0.379 e. The topological polar surface area (TPSA) is 133 Å². The highest BCUT2D eigenvalue weighted by atomic mass is 32.1. The van der Waals surface area contributed by atoms with Crippen LogP contribution in [-0.4, -0.2) is 120 Å². The summed E-state index contributed by atoms with van der Waals surface area (Å²) in [5.74, 6) is -1.41. The van der Waals surface area contributed by atoms with E-state index in [1.54, 1.807) is 32.4 Å². The van der Waals surface area contributed by atoms with Crippen LogP contribution >= 0.6 is 11.3 Å². The Labute approximate surface area is 353 Å². The average Bonchev–Trinajstić information content (AvgIpc) is 3.90. The maximum atomic E-state index is 14.5. The van der Waals surface area contributed by atoms with Crippen LogP contribution in [0.1, 0.15) is 112 Å². The van der Waals surface area contributed by atoms with Gasteiger partial charge < -0.3 is 29.9 Å². The molecule has 0 bridgehead atoms. The Morgan fingerprint density at radius 3 is 2.12 bits per heavy atom. The SMILES string of the molecule is CC[C@H](C)[C@@H]([C@@H](CC(=O)N1CCC[C@H]1[C@H](OC)[C@@H](C)C(=O)N[C@@H](Cc1ccccc1)c1nccs1)OC)N(C)C(=O)[C@@H](NC(=O)[C@H](C(C)C)N(C)C(C)(C)C)C(C)C. The Bertz CT molecular complexity index is 1580. The van der Waals surface area contributed by atoms with E-state index in [1.807, 2.05) is 82.3 Å². The van der Waals surface area contributed by atoms with Gasteiger partial charge in [-0.05, 0) is 70.4 Å². The van der Waals surface area contributed by atoms with Crippen LogP contribution in [0.4, 0.5) is 0 Å². The highest BCUT2D eigenvalue weighted by molar-refractivity contribution is 7.09. The summed E-state index contributed by atoms with van der Waals surface area (Å²) in [5, 5.41) is 9.10. The molecule has 0 saturated carbocycles. The average molecular weight is 827 g/mol. The smallest absolute Gasteiger partial charge is 0.245 e. The van der Waals surface area contributed by atoms with Crippen molar-refractivity contribution in [2.45, 2.75) is 149 Å². The molecule has 0 spiro atoms. The maximum Gasteiger partial charge on any atom is 0.245 e. The van der Waals surface area contributed by atoms with Crippen LogP contribution in [-0.2, 0) is 35.1 Å². The Kier molecular flexibility index (Phi) is 18.8. The number of nitrogens with one attached hydrogen (secondary N) is 2. The summed E-state index contributed by atoms with van der Waals surface area (Å²) >= 11 is 1.51. The number of likely N-dealkylation sites (N-methyl/N-ethyl adjacent to an activating group) is 2. The van der Waals surface area contributed by atoms with Gasteiger partial charge in [0.15, 0.2) is 0 Å². The minimum absolute atomic E-state index is 0.0165. The molecule has 3 rings (SSSR count). The third-order valence-corrected chi connectivity index (χ3v) is 13.1. The molecule has 1 aromatic carbocycles. The zero-order valence-electron chi connectivity index (χ0n) is 37.8. The summed E-state index contributed by atoms with van der Waals surface area (Å²) in [5.41, 5.74) is 0.839. The van der Waals surface area contributed by atoms with E-state index in [9.17, 15) is 19.2 Å². The molecule has 1 aliphatic heterocycles. The Morgan fingerprint density at radius 1 is 0.948 bits per heavy atom. The maximum absolute atomic E-state index is 14.5. The summed E-state index contributed by atoms with van der Waals surface area (Å²) in [7, 11) is 6.89. The summed E-state index contributed by atoms with van der Waals surface area (Å²) in [4.78, 5) is 66.8. The van der Waals surface area contributed by atoms with Crippen LogP contribution in [0.5, 0.6) is 0 Å². The zero-order valence-corrected chi connectivity index (χ0v) is 38.6. The number of amides is 4. The lowest BCUT2D eigenvalue weighted by Gasteiger charge is -2.42. The monoisotopic (exact) mass is 827 g/mol. The number of hydrogen-bond donors (Lipinski definition) is 2. The van der Waals surface area contributed by atoms with Crippen LogP contribution < -0.4 is 10.6 Å². The number of nitrogens with zero attached hydrogens (tertiary/aromatic N) is 4. The molecule has 1 aromatic heterocycles. The minimum Gasteiger partial charge on any atom is -0.379 e. The molecule has 1 saturated heterocycles. The van der Waals surface area contributed by atoms with Crippen LogP contribution in [0.3, 0.4) is 0 Å². The lowest BCUT2D eigenvalue weighted by Crippen LogP contribution is -2.61. The van der Waals surface area contributed by atoms with Gasteiger partial charge in [-0.1, -0.05) is 85.2 Å². The molecule has 2 N–H and O–H groups in total. The fourth-order valence-corrected chi connectivity index (χ4v) is 9.07. The van der Waals surface area contributed by atoms with Gasteiger partial charge in [-0.3, -0.25) is 24.1 Å². The van der Waals surface area contributed by atoms with Crippen LogP contribution in [0.25, 0.3) is 0 Å². The molecule has 9 atom stereocenters. The Hall–Kier alpha value is -3.39. The van der Waals surface area contributed by atoms with Crippen LogP contribution in [0.2, 0.25) is 0 Å². The first-order valence-electron chi connectivity index (χ1n) is 21.2. The van der Waals surface area contributed by atoms with Crippen molar-refractivity contribution in [3.05, 3.63) is 52.5 Å². The van der Waals surface area contributed by atoms with Gasteiger partial charge in [0.2, 0.25) is 23.6 Å². The van der Waals surface area contributed by atoms with Gasteiger partial charge in [0.25, 0.3) is 0 Å². The van der Waals surface area contributed by atoms with E-state index >= 15 is 0 Å². The second-order valence-corrected chi connectivity index (χ2v) is 18.8. The highest BCUT2D eigenvalue weighted by Crippen LogP contribution is 2.31. The standard InChI is InChI=1S/C45H74N6O6S/c1-15-30(6)39(49(11)44(55)37(28(2)3)48-42(54)38(29(4)5)50(12)45(8,9)10)35(56-13)27-36(52)51-24-19-22-34(51)40(57-14)31(7)41(53)47-33(43-46-23-25-58-43)26-32-20-17-16-18-21-32/h16-18,20-21,23,25,28-31,33-35,37-40H,15,19,22,24,26-27H2,1-14H3,(H,47,53)(H,48,54)/t30-,31+,33-,34-,35+,37-,38-,39-,40+/m0/s1. The van der Waals surface area contributed by atoms with E-state index < -0.39 is 36.3 Å². The van der Waals surface area contributed by atoms with Gasteiger partial charge in [-0.15, -0.1) is 11.3 Å². The van der Waals surface area contributed by atoms with Crippen molar-refractivity contribution in [2.75, 3.05) is 34.9 Å². The first-order chi connectivity index (χ1) is 27.3. The van der Waals surface area contributed by atoms with Crippen molar-refractivity contribution in [1.82, 2.24) is 30.3 Å². The van der Waals surface area contributed by atoms with E-state index in [4.69, 9.17) is 9.47 Å². The van der Waals surface area contributed by atoms with Crippen molar-refractivity contribution in [3.63, 3.8) is 0 Å². The van der Waals surface area contributed by atoms with E-state index in [0.29, 0.717) is 19.4 Å². The molecule has 0 unspecified atom stereocenters. The molecule has 13 heteroatoms. The Morgan fingerprint density at radius 2 is 1.60 bits per heavy atom. The molecule has 2 aromatic rings. The van der Waals surface area contributed by atoms with Crippen LogP contribution in [0.15, 0.2) is 41.9 Å². The highest BCUT2D eigenvalue weighted by Gasteiger charge is 2.44. The number of methoxy groups -OCH3 is 2. The van der Waals surface area contributed by atoms with Gasteiger partial charge in [0, 0.05) is 44.9 Å². The molecule has 4 amide bonds.